The number of rotatable bonds is 4. The Kier molecular flexibility index (Phi) is 3.89. The molecule has 0 unspecified atom stereocenters. The Morgan fingerprint density at radius 1 is 1.24 bits per heavy atom. The van der Waals surface area contributed by atoms with Gasteiger partial charge in [0.1, 0.15) is 5.75 Å². The van der Waals surface area contributed by atoms with E-state index in [0.29, 0.717) is 5.56 Å². The van der Waals surface area contributed by atoms with Crippen LogP contribution in [-0.2, 0) is 9.53 Å². The lowest BCUT2D eigenvalue weighted by atomic mass is 9.81. The minimum absolute atomic E-state index is 0.0310. The normalized spacial score (nSPS) is 11.0. The Bertz CT molecular complexity index is 418. The fraction of sp³-hybridized carbons (Fsp3) is 0.385. The third kappa shape index (κ3) is 3.31. The zero-order chi connectivity index (χ0) is 13.1. The largest absolute Gasteiger partial charge is 0.508 e. The molecule has 0 atom stereocenters. The smallest absolute Gasteiger partial charge is 0.306 e. The highest BCUT2D eigenvalue weighted by molar-refractivity contribution is 6.01. The number of esters is 1. The second-order valence-corrected chi connectivity index (χ2v) is 4.51. The fourth-order valence-electron chi connectivity index (χ4n) is 1.52. The second-order valence-electron chi connectivity index (χ2n) is 4.51. The molecule has 4 heteroatoms. The van der Waals surface area contributed by atoms with Gasteiger partial charge in [0.25, 0.3) is 0 Å². The Balaban J connectivity index is 2.88. The molecule has 0 fully saturated rings. The van der Waals surface area contributed by atoms with E-state index in [1.54, 1.807) is 13.8 Å². The van der Waals surface area contributed by atoms with Gasteiger partial charge in [0.05, 0.1) is 13.5 Å². The number of ether oxygens (including phenoxy) is 1. The number of Topliss-reactive ketones (excluding diaryl/α,β-unsaturated/α-hetero) is 1. The Labute approximate surface area is 100 Å². The number of hydrogen-bond donors (Lipinski definition) is 1. The molecule has 1 aromatic carbocycles. The molecule has 17 heavy (non-hydrogen) atoms. The van der Waals surface area contributed by atoms with Crippen LogP contribution in [0.1, 0.15) is 30.6 Å². The van der Waals surface area contributed by atoms with Gasteiger partial charge >= 0.3 is 5.97 Å². The number of phenolic OH excluding ortho intramolecular Hbond substituents is 1. The van der Waals surface area contributed by atoms with Crippen LogP contribution in [0.3, 0.4) is 0 Å². The minimum atomic E-state index is -0.815. The molecule has 0 heterocycles. The maximum absolute atomic E-state index is 12.1. The molecular formula is C13H16O4. The molecule has 0 spiro atoms. The lowest BCUT2D eigenvalue weighted by Gasteiger charge is -2.21. The summed E-state index contributed by atoms with van der Waals surface area (Å²) in [5.74, 6) is -0.461. The molecule has 1 N–H and O–H groups in total. The maximum Gasteiger partial charge on any atom is 0.306 e. The van der Waals surface area contributed by atoms with Gasteiger partial charge in [0.2, 0.25) is 0 Å². The average molecular weight is 236 g/mol. The van der Waals surface area contributed by atoms with Crippen molar-refractivity contribution in [3.05, 3.63) is 29.8 Å². The Morgan fingerprint density at radius 2 is 1.76 bits per heavy atom. The summed E-state index contributed by atoms with van der Waals surface area (Å²) in [6, 6.07) is 5.97. The predicted molar refractivity (Wildman–Crippen MR) is 62.9 cm³/mol. The standard InChI is InChI=1S/C13H16O4/c1-13(2,8-11(15)17-3)12(16)9-4-6-10(14)7-5-9/h4-7,14H,8H2,1-3H3. The third-order valence-electron chi connectivity index (χ3n) is 2.56. The molecule has 0 aliphatic carbocycles. The summed E-state index contributed by atoms with van der Waals surface area (Å²) in [6.45, 7) is 3.39. The summed E-state index contributed by atoms with van der Waals surface area (Å²) in [5, 5.41) is 9.14. The van der Waals surface area contributed by atoms with Crippen molar-refractivity contribution in [2.24, 2.45) is 5.41 Å². The van der Waals surface area contributed by atoms with Gasteiger partial charge < -0.3 is 9.84 Å². The van der Waals surface area contributed by atoms with E-state index in [-0.39, 0.29) is 18.0 Å². The third-order valence-corrected chi connectivity index (χ3v) is 2.56. The lowest BCUT2D eigenvalue weighted by Crippen LogP contribution is -2.28. The highest BCUT2D eigenvalue weighted by atomic mass is 16.5. The summed E-state index contributed by atoms with van der Waals surface area (Å²) < 4.78 is 4.56. The molecule has 4 nitrogen and oxygen atoms in total. The van der Waals surface area contributed by atoms with E-state index in [2.05, 4.69) is 4.74 Å². The number of hydrogen-bond acceptors (Lipinski definition) is 4. The molecular weight excluding hydrogens is 220 g/mol. The highest BCUT2D eigenvalue weighted by Crippen LogP contribution is 2.27. The molecule has 0 amide bonds. The fourth-order valence-corrected chi connectivity index (χ4v) is 1.52. The molecule has 1 rings (SSSR count). The van der Waals surface area contributed by atoms with Gasteiger partial charge in [0, 0.05) is 11.0 Å². The van der Waals surface area contributed by atoms with Gasteiger partial charge in [-0.2, -0.15) is 0 Å². The predicted octanol–water partition coefficient (Wildman–Crippen LogP) is 2.16. The molecule has 0 aromatic heterocycles. The van der Waals surface area contributed by atoms with E-state index in [0.717, 1.165) is 0 Å². The highest BCUT2D eigenvalue weighted by Gasteiger charge is 2.31. The van der Waals surface area contributed by atoms with E-state index in [1.165, 1.54) is 31.4 Å². The van der Waals surface area contributed by atoms with Gasteiger partial charge in [-0.15, -0.1) is 0 Å². The van der Waals surface area contributed by atoms with Crippen molar-refractivity contribution < 1.29 is 19.4 Å². The summed E-state index contributed by atoms with van der Waals surface area (Å²) in [5.41, 5.74) is -0.346. The van der Waals surface area contributed by atoms with E-state index < -0.39 is 11.4 Å². The van der Waals surface area contributed by atoms with Crippen molar-refractivity contribution in [1.82, 2.24) is 0 Å². The first-order valence-corrected chi connectivity index (χ1v) is 5.27. The number of aromatic hydroxyl groups is 1. The van der Waals surface area contributed by atoms with Gasteiger partial charge in [0.15, 0.2) is 5.78 Å². The van der Waals surface area contributed by atoms with Gasteiger partial charge in [-0.25, -0.2) is 0 Å². The van der Waals surface area contributed by atoms with Crippen molar-refractivity contribution >= 4 is 11.8 Å². The van der Waals surface area contributed by atoms with E-state index in [1.807, 2.05) is 0 Å². The second kappa shape index (κ2) is 4.99. The number of ketones is 1. The summed E-state index contributed by atoms with van der Waals surface area (Å²) >= 11 is 0. The molecule has 0 radical (unpaired) electrons. The maximum atomic E-state index is 12.1. The van der Waals surface area contributed by atoms with Crippen molar-refractivity contribution in [2.75, 3.05) is 7.11 Å². The summed E-state index contributed by atoms with van der Waals surface area (Å²) in [4.78, 5) is 23.3. The SMILES string of the molecule is COC(=O)CC(C)(C)C(=O)c1ccc(O)cc1. The van der Waals surface area contributed by atoms with E-state index >= 15 is 0 Å². The first-order chi connectivity index (χ1) is 7.86. The summed E-state index contributed by atoms with van der Waals surface area (Å²) in [7, 11) is 1.30. The molecule has 0 aliphatic heterocycles. The van der Waals surface area contributed by atoms with Crippen molar-refractivity contribution in [2.45, 2.75) is 20.3 Å². The van der Waals surface area contributed by atoms with Crippen LogP contribution >= 0.6 is 0 Å². The van der Waals surface area contributed by atoms with Crippen LogP contribution in [0, 0.1) is 5.41 Å². The molecule has 1 aromatic rings. The zero-order valence-corrected chi connectivity index (χ0v) is 10.2. The molecule has 0 aliphatic rings. The number of phenols is 1. The number of carbonyl (C=O) groups is 2. The summed E-state index contributed by atoms with van der Waals surface area (Å²) in [6.07, 6.45) is 0.0310. The first-order valence-electron chi connectivity index (χ1n) is 5.27. The van der Waals surface area contributed by atoms with Gasteiger partial charge in [-0.1, -0.05) is 13.8 Å². The van der Waals surface area contributed by atoms with Gasteiger partial charge in [-0.05, 0) is 24.3 Å². The lowest BCUT2D eigenvalue weighted by molar-refractivity contribution is -0.142. The molecule has 0 bridgehead atoms. The number of carbonyl (C=O) groups excluding carboxylic acids is 2. The van der Waals surface area contributed by atoms with Crippen molar-refractivity contribution in [1.29, 1.82) is 0 Å². The van der Waals surface area contributed by atoms with Crippen LogP contribution in [0.5, 0.6) is 5.75 Å². The van der Waals surface area contributed by atoms with Gasteiger partial charge in [-0.3, -0.25) is 9.59 Å². The Hall–Kier alpha value is -1.84. The Morgan fingerprint density at radius 3 is 2.24 bits per heavy atom. The van der Waals surface area contributed by atoms with Crippen LogP contribution in [0.15, 0.2) is 24.3 Å². The average Bonchev–Trinajstić information content (AvgIpc) is 2.28. The molecule has 0 saturated carbocycles. The first kappa shape index (κ1) is 13.2. The zero-order valence-electron chi connectivity index (χ0n) is 10.2. The van der Waals surface area contributed by atoms with Crippen LogP contribution in [0.2, 0.25) is 0 Å². The van der Waals surface area contributed by atoms with E-state index in [9.17, 15) is 9.59 Å². The number of benzene rings is 1. The van der Waals surface area contributed by atoms with Crippen LogP contribution < -0.4 is 0 Å². The van der Waals surface area contributed by atoms with Crippen LogP contribution in [0.4, 0.5) is 0 Å². The van der Waals surface area contributed by atoms with Crippen molar-refractivity contribution in [3.8, 4) is 5.75 Å². The molecule has 0 saturated heterocycles. The van der Waals surface area contributed by atoms with Crippen LogP contribution in [0.25, 0.3) is 0 Å². The van der Waals surface area contributed by atoms with E-state index in [4.69, 9.17) is 5.11 Å². The minimum Gasteiger partial charge on any atom is -0.508 e. The van der Waals surface area contributed by atoms with Crippen LogP contribution in [-0.4, -0.2) is 24.0 Å². The number of methoxy groups -OCH3 is 1. The van der Waals surface area contributed by atoms with Crippen molar-refractivity contribution in [3.63, 3.8) is 0 Å². The topological polar surface area (TPSA) is 63.6 Å². The monoisotopic (exact) mass is 236 g/mol. The molecule has 92 valence electrons. The quantitative estimate of drug-likeness (QED) is 0.642.